The van der Waals surface area contributed by atoms with Gasteiger partial charge in [-0.25, -0.2) is 9.18 Å². The van der Waals surface area contributed by atoms with E-state index in [1.165, 1.54) is 19.9 Å². The van der Waals surface area contributed by atoms with Crippen LogP contribution in [-0.2, 0) is 11.3 Å². The molecule has 8 heteroatoms. The fraction of sp³-hybridized carbons (Fsp3) is 0.545. The number of halogens is 1. The molecule has 0 saturated carbocycles. The molecule has 0 bridgehead atoms. The minimum absolute atomic E-state index is 0.0905. The van der Waals surface area contributed by atoms with Crippen LogP contribution in [0.3, 0.4) is 0 Å². The molecule has 106 valence electrons. The van der Waals surface area contributed by atoms with Crippen molar-refractivity contribution < 1.29 is 18.8 Å². The van der Waals surface area contributed by atoms with E-state index in [1.54, 1.807) is 0 Å². The van der Waals surface area contributed by atoms with E-state index >= 15 is 0 Å². The predicted molar refractivity (Wildman–Crippen MR) is 64.2 cm³/mol. The van der Waals surface area contributed by atoms with Crippen molar-refractivity contribution in [2.75, 3.05) is 0 Å². The van der Waals surface area contributed by atoms with Gasteiger partial charge in [-0.05, 0) is 26.7 Å². The van der Waals surface area contributed by atoms with Gasteiger partial charge < -0.3 is 10.8 Å². The van der Waals surface area contributed by atoms with Gasteiger partial charge in [0, 0.05) is 0 Å². The van der Waals surface area contributed by atoms with E-state index in [9.17, 15) is 14.0 Å². The zero-order valence-corrected chi connectivity index (χ0v) is 10.7. The maximum absolute atomic E-state index is 13.5. The van der Waals surface area contributed by atoms with Crippen molar-refractivity contribution in [1.82, 2.24) is 9.72 Å². The van der Waals surface area contributed by atoms with Crippen molar-refractivity contribution in [3.63, 3.8) is 0 Å². The summed E-state index contributed by atoms with van der Waals surface area (Å²) in [7, 11) is 0. The maximum atomic E-state index is 13.5. The SMILES string of the molecule is Cc1noc(=O)n1C/C(F)=C\CC[C@](C)(N)C(=O)O. The second-order valence-corrected chi connectivity index (χ2v) is 4.49. The number of nitrogens with two attached hydrogens (primary N) is 1. The van der Waals surface area contributed by atoms with E-state index in [1.807, 2.05) is 0 Å². The zero-order chi connectivity index (χ0) is 14.6. The first-order valence-corrected chi connectivity index (χ1v) is 5.64. The van der Waals surface area contributed by atoms with Crippen LogP contribution in [0.15, 0.2) is 21.2 Å². The van der Waals surface area contributed by atoms with Crippen LogP contribution >= 0.6 is 0 Å². The molecule has 0 spiro atoms. The molecule has 7 nitrogen and oxygen atoms in total. The Balaban J connectivity index is 2.60. The number of hydrogen-bond donors (Lipinski definition) is 2. The van der Waals surface area contributed by atoms with Gasteiger partial charge in [0.05, 0.1) is 6.54 Å². The summed E-state index contributed by atoms with van der Waals surface area (Å²) < 4.78 is 18.9. The van der Waals surface area contributed by atoms with E-state index in [0.29, 0.717) is 0 Å². The van der Waals surface area contributed by atoms with Gasteiger partial charge >= 0.3 is 11.7 Å². The quantitative estimate of drug-likeness (QED) is 0.784. The minimum atomic E-state index is -1.40. The van der Waals surface area contributed by atoms with Crippen molar-refractivity contribution in [2.24, 2.45) is 5.73 Å². The van der Waals surface area contributed by atoms with Crippen molar-refractivity contribution >= 4 is 5.97 Å². The predicted octanol–water partition coefficient (Wildman–Crippen LogP) is 0.580. The van der Waals surface area contributed by atoms with Crippen LogP contribution < -0.4 is 11.5 Å². The third kappa shape index (κ3) is 4.02. The number of aryl methyl sites for hydroxylation is 1. The fourth-order valence-electron chi connectivity index (χ4n) is 1.37. The molecule has 0 fully saturated rings. The second kappa shape index (κ2) is 5.79. The highest BCUT2D eigenvalue weighted by Gasteiger charge is 2.26. The monoisotopic (exact) mass is 273 g/mol. The molecule has 0 aliphatic carbocycles. The lowest BCUT2D eigenvalue weighted by atomic mass is 9.97. The van der Waals surface area contributed by atoms with Gasteiger partial charge in [0.2, 0.25) is 0 Å². The summed E-state index contributed by atoms with van der Waals surface area (Å²) >= 11 is 0. The number of carboxylic acids is 1. The average molecular weight is 273 g/mol. The third-order valence-corrected chi connectivity index (χ3v) is 2.69. The smallest absolute Gasteiger partial charge is 0.441 e. The lowest BCUT2D eigenvalue weighted by molar-refractivity contribution is -0.142. The first-order chi connectivity index (χ1) is 8.74. The van der Waals surface area contributed by atoms with Gasteiger partial charge in [0.1, 0.15) is 11.4 Å². The summed E-state index contributed by atoms with van der Waals surface area (Å²) in [6.07, 6.45) is 1.45. The first-order valence-electron chi connectivity index (χ1n) is 5.64. The Hall–Kier alpha value is -1.96. The maximum Gasteiger partial charge on any atom is 0.441 e. The molecule has 0 aromatic carbocycles. The van der Waals surface area contributed by atoms with E-state index in [-0.39, 0.29) is 25.2 Å². The van der Waals surface area contributed by atoms with Crippen molar-refractivity contribution in [3.05, 3.63) is 28.3 Å². The summed E-state index contributed by atoms with van der Waals surface area (Å²) in [4.78, 5) is 21.9. The van der Waals surface area contributed by atoms with E-state index in [4.69, 9.17) is 10.8 Å². The number of nitrogens with zero attached hydrogens (tertiary/aromatic N) is 2. The van der Waals surface area contributed by atoms with Gasteiger partial charge in [0.15, 0.2) is 5.82 Å². The highest BCUT2D eigenvalue weighted by atomic mass is 19.1. The van der Waals surface area contributed by atoms with Crippen molar-refractivity contribution in [1.29, 1.82) is 0 Å². The fourth-order valence-corrected chi connectivity index (χ4v) is 1.37. The largest absolute Gasteiger partial charge is 0.480 e. The molecular formula is C11H16FN3O4. The molecule has 1 rings (SSSR count). The van der Waals surface area contributed by atoms with Crippen LogP contribution in [-0.4, -0.2) is 26.3 Å². The summed E-state index contributed by atoms with van der Waals surface area (Å²) in [6, 6.07) is 0. The second-order valence-electron chi connectivity index (χ2n) is 4.49. The Bertz CT molecular complexity index is 544. The normalized spacial score (nSPS) is 15.3. The first kappa shape index (κ1) is 15.1. The van der Waals surface area contributed by atoms with E-state index in [2.05, 4.69) is 9.68 Å². The van der Waals surface area contributed by atoms with Crippen LogP contribution in [0, 0.1) is 6.92 Å². The molecule has 0 radical (unpaired) electrons. The lowest BCUT2D eigenvalue weighted by Crippen LogP contribution is -2.44. The number of aliphatic carboxylic acids is 1. The lowest BCUT2D eigenvalue weighted by Gasteiger charge is -2.17. The van der Waals surface area contributed by atoms with E-state index in [0.717, 1.165) is 4.57 Å². The van der Waals surface area contributed by atoms with Crippen LogP contribution in [0.4, 0.5) is 4.39 Å². The highest BCUT2D eigenvalue weighted by molar-refractivity contribution is 5.77. The topological polar surface area (TPSA) is 111 Å². The molecule has 0 aliphatic heterocycles. The summed E-state index contributed by atoms with van der Waals surface area (Å²) in [5.74, 6) is -2.19. The molecule has 0 aliphatic rings. The van der Waals surface area contributed by atoms with Crippen LogP contribution in [0.1, 0.15) is 25.6 Å². The van der Waals surface area contributed by atoms with Gasteiger partial charge in [0.25, 0.3) is 0 Å². The number of allylic oxidation sites excluding steroid dienone is 2. The Morgan fingerprint density at radius 1 is 1.68 bits per heavy atom. The molecule has 1 aromatic heterocycles. The van der Waals surface area contributed by atoms with E-state index < -0.39 is 23.1 Å². The molecule has 0 saturated heterocycles. The number of aromatic nitrogens is 2. The zero-order valence-electron chi connectivity index (χ0n) is 10.7. The molecular weight excluding hydrogens is 257 g/mol. The number of hydrogen-bond acceptors (Lipinski definition) is 5. The molecule has 1 heterocycles. The Kier molecular flexibility index (Phi) is 4.60. The average Bonchev–Trinajstić information content (AvgIpc) is 2.60. The molecule has 1 aromatic rings. The number of rotatable bonds is 6. The number of carboxylic acid groups (broad SMARTS) is 1. The number of carbonyl (C=O) groups is 1. The Labute approximate surface area is 108 Å². The third-order valence-electron chi connectivity index (χ3n) is 2.69. The highest BCUT2D eigenvalue weighted by Crippen LogP contribution is 2.12. The van der Waals surface area contributed by atoms with Gasteiger partial charge in [-0.3, -0.25) is 13.9 Å². The van der Waals surface area contributed by atoms with Crippen molar-refractivity contribution in [2.45, 2.75) is 38.8 Å². The van der Waals surface area contributed by atoms with Crippen LogP contribution in [0.2, 0.25) is 0 Å². The Morgan fingerprint density at radius 2 is 2.32 bits per heavy atom. The molecule has 3 N–H and O–H groups in total. The van der Waals surface area contributed by atoms with Gasteiger partial charge in [-0.15, -0.1) is 0 Å². The van der Waals surface area contributed by atoms with Gasteiger partial charge in [-0.2, -0.15) is 0 Å². The van der Waals surface area contributed by atoms with Crippen LogP contribution in [0.5, 0.6) is 0 Å². The molecule has 0 amide bonds. The molecule has 0 unspecified atom stereocenters. The summed E-state index contributed by atoms with van der Waals surface area (Å²) in [6.45, 7) is 2.58. The Morgan fingerprint density at radius 3 is 2.79 bits per heavy atom. The summed E-state index contributed by atoms with van der Waals surface area (Å²) in [5, 5.41) is 12.2. The van der Waals surface area contributed by atoms with Gasteiger partial charge in [-0.1, -0.05) is 11.2 Å². The summed E-state index contributed by atoms with van der Waals surface area (Å²) in [5.41, 5.74) is 4.10. The standard InChI is InChI=1S/C11H16FN3O4/c1-7-14-19-10(18)15(7)6-8(12)4-3-5-11(2,13)9(16)17/h4H,3,5-6,13H2,1-2H3,(H,16,17)/b8-4+/t11-/m0/s1. The van der Waals surface area contributed by atoms with Crippen molar-refractivity contribution in [3.8, 4) is 0 Å². The minimum Gasteiger partial charge on any atom is -0.480 e. The molecule has 19 heavy (non-hydrogen) atoms. The van der Waals surface area contributed by atoms with Crippen LogP contribution in [0.25, 0.3) is 0 Å². The molecule has 1 atom stereocenters.